The predicted octanol–water partition coefficient (Wildman–Crippen LogP) is 1.98. The predicted molar refractivity (Wildman–Crippen MR) is 51.9 cm³/mol. The molecule has 1 nitrogen and oxygen atoms in total. The highest BCUT2D eigenvalue weighted by Gasteiger charge is 2.01. The van der Waals surface area contributed by atoms with Crippen LogP contribution in [0.1, 0.15) is 5.56 Å². The standard InChI is InChI=1S/C9H11F2NS/c10-8-2-1-7(5-9(8)11)3-4-12-6-13/h1-2,5,12-13H,3-4,6H2. The van der Waals surface area contributed by atoms with Gasteiger partial charge >= 0.3 is 0 Å². The van der Waals surface area contributed by atoms with Crippen molar-refractivity contribution in [1.29, 1.82) is 0 Å². The minimum absolute atomic E-state index is 0.587. The first kappa shape index (κ1) is 10.5. The van der Waals surface area contributed by atoms with E-state index in [1.165, 1.54) is 6.07 Å². The van der Waals surface area contributed by atoms with Gasteiger partial charge in [-0.3, -0.25) is 0 Å². The molecule has 1 rings (SSSR count). The van der Waals surface area contributed by atoms with Gasteiger partial charge in [-0.25, -0.2) is 8.78 Å². The number of rotatable bonds is 4. The van der Waals surface area contributed by atoms with Crippen LogP contribution in [0.15, 0.2) is 18.2 Å². The van der Waals surface area contributed by atoms with Gasteiger partial charge in [0, 0.05) is 5.88 Å². The zero-order valence-electron chi connectivity index (χ0n) is 7.06. The molecule has 0 unspecified atom stereocenters. The molecule has 0 amide bonds. The lowest BCUT2D eigenvalue weighted by Gasteiger charge is -2.02. The minimum Gasteiger partial charge on any atom is -0.308 e. The third-order valence-corrected chi connectivity index (χ3v) is 1.91. The minimum atomic E-state index is -0.800. The van der Waals surface area contributed by atoms with Crippen LogP contribution in [0, 0.1) is 11.6 Å². The molecule has 0 saturated heterocycles. The lowest BCUT2D eigenvalue weighted by molar-refractivity contribution is 0.507. The van der Waals surface area contributed by atoms with Crippen molar-refractivity contribution in [2.75, 3.05) is 12.4 Å². The fraction of sp³-hybridized carbons (Fsp3) is 0.333. The van der Waals surface area contributed by atoms with E-state index in [1.54, 1.807) is 6.07 Å². The van der Waals surface area contributed by atoms with Gasteiger partial charge in [-0.05, 0) is 30.7 Å². The summed E-state index contributed by atoms with van der Waals surface area (Å²) >= 11 is 3.96. The SMILES string of the molecule is Fc1ccc(CCNCS)cc1F. The molecule has 72 valence electrons. The maximum absolute atomic E-state index is 12.7. The van der Waals surface area contributed by atoms with Gasteiger partial charge in [-0.2, -0.15) is 12.6 Å². The zero-order valence-corrected chi connectivity index (χ0v) is 7.95. The summed E-state index contributed by atoms with van der Waals surface area (Å²) in [5, 5.41) is 2.98. The van der Waals surface area contributed by atoms with Gasteiger partial charge in [0.05, 0.1) is 0 Å². The average molecular weight is 203 g/mol. The van der Waals surface area contributed by atoms with Crippen LogP contribution in [0.4, 0.5) is 8.78 Å². The van der Waals surface area contributed by atoms with Crippen molar-refractivity contribution >= 4 is 12.6 Å². The number of hydrogen-bond donors (Lipinski definition) is 2. The summed E-state index contributed by atoms with van der Waals surface area (Å²) in [7, 11) is 0. The molecule has 13 heavy (non-hydrogen) atoms. The van der Waals surface area contributed by atoms with Crippen molar-refractivity contribution in [2.24, 2.45) is 0 Å². The summed E-state index contributed by atoms with van der Waals surface area (Å²) in [6, 6.07) is 3.94. The summed E-state index contributed by atoms with van der Waals surface area (Å²) < 4.78 is 25.2. The van der Waals surface area contributed by atoms with Crippen LogP contribution in [0.3, 0.4) is 0 Å². The Morgan fingerprint density at radius 3 is 2.62 bits per heavy atom. The van der Waals surface area contributed by atoms with Gasteiger partial charge in [0.1, 0.15) is 0 Å². The molecule has 1 aromatic carbocycles. The molecule has 0 spiro atoms. The largest absolute Gasteiger partial charge is 0.308 e. The first-order valence-electron chi connectivity index (χ1n) is 3.99. The fourth-order valence-electron chi connectivity index (χ4n) is 1.01. The maximum atomic E-state index is 12.7. The molecule has 0 aliphatic heterocycles. The Hall–Kier alpha value is -0.610. The van der Waals surface area contributed by atoms with Crippen LogP contribution >= 0.6 is 12.6 Å². The maximum Gasteiger partial charge on any atom is 0.159 e. The van der Waals surface area contributed by atoms with Gasteiger partial charge < -0.3 is 5.32 Å². The van der Waals surface area contributed by atoms with Crippen LogP contribution in [-0.4, -0.2) is 12.4 Å². The Morgan fingerprint density at radius 2 is 2.00 bits per heavy atom. The van der Waals surface area contributed by atoms with Gasteiger partial charge in [0.2, 0.25) is 0 Å². The quantitative estimate of drug-likeness (QED) is 0.433. The van der Waals surface area contributed by atoms with Gasteiger partial charge in [0.25, 0.3) is 0 Å². The molecule has 0 aliphatic carbocycles. The van der Waals surface area contributed by atoms with E-state index in [0.717, 1.165) is 11.6 Å². The number of nitrogens with one attached hydrogen (secondary N) is 1. The van der Waals surface area contributed by atoms with E-state index in [0.29, 0.717) is 18.8 Å². The summed E-state index contributed by atoms with van der Waals surface area (Å²) in [4.78, 5) is 0. The van der Waals surface area contributed by atoms with Gasteiger partial charge in [-0.1, -0.05) is 6.07 Å². The van der Waals surface area contributed by atoms with Crippen molar-refractivity contribution in [3.05, 3.63) is 35.4 Å². The number of hydrogen-bond acceptors (Lipinski definition) is 2. The summed E-state index contributed by atoms with van der Waals surface area (Å²) in [6.07, 6.45) is 0.678. The Labute approximate surface area is 81.6 Å². The van der Waals surface area contributed by atoms with Crippen molar-refractivity contribution in [3.63, 3.8) is 0 Å². The fourth-order valence-corrected chi connectivity index (χ4v) is 1.17. The molecule has 0 bridgehead atoms. The highest BCUT2D eigenvalue weighted by molar-refractivity contribution is 7.80. The summed E-state index contributed by atoms with van der Waals surface area (Å²) in [6.45, 7) is 0.717. The highest BCUT2D eigenvalue weighted by atomic mass is 32.1. The first-order valence-corrected chi connectivity index (χ1v) is 4.63. The molecule has 0 radical (unpaired) electrons. The van der Waals surface area contributed by atoms with E-state index < -0.39 is 11.6 Å². The Bertz CT molecular complexity index is 278. The van der Waals surface area contributed by atoms with Crippen molar-refractivity contribution < 1.29 is 8.78 Å². The van der Waals surface area contributed by atoms with Crippen molar-refractivity contribution in [1.82, 2.24) is 5.32 Å². The Kier molecular flexibility index (Phi) is 4.18. The normalized spacial score (nSPS) is 10.4. The van der Waals surface area contributed by atoms with Crippen LogP contribution in [0.25, 0.3) is 0 Å². The summed E-state index contributed by atoms with van der Waals surface area (Å²) in [5.74, 6) is -1.00. The molecule has 0 heterocycles. The van der Waals surface area contributed by atoms with Crippen LogP contribution < -0.4 is 5.32 Å². The van der Waals surface area contributed by atoms with E-state index in [-0.39, 0.29) is 0 Å². The number of thiol groups is 1. The van der Waals surface area contributed by atoms with Gasteiger partial charge in [0.15, 0.2) is 11.6 Å². The summed E-state index contributed by atoms with van der Waals surface area (Å²) in [5.41, 5.74) is 0.785. The molecular weight excluding hydrogens is 192 g/mol. The Morgan fingerprint density at radius 1 is 1.23 bits per heavy atom. The molecule has 4 heteroatoms. The third-order valence-electron chi connectivity index (χ3n) is 1.69. The van der Waals surface area contributed by atoms with E-state index in [1.807, 2.05) is 0 Å². The number of benzene rings is 1. The van der Waals surface area contributed by atoms with Gasteiger partial charge in [-0.15, -0.1) is 0 Å². The second-order valence-electron chi connectivity index (χ2n) is 2.66. The second kappa shape index (κ2) is 5.19. The van der Waals surface area contributed by atoms with E-state index >= 15 is 0 Å². The molecule has 0 fully saturated rings. The van der Waals surface area contributed by atoms with Crippen LogP contribution in [0.2, 0.25) is 0 Å². The molecule has 1 N–H and O–H groups in total. The highest BCUT2D eigenvalue weighted by Crippen LogP contribution is 2.08. The smallest absolute Gasteiger partial charge is 0.159 e. The van der Waals surface area contributed by atoms with Crippen LogP contribution in [0.5, 0.6) is 0 Å². The number of halogens is 2. The molecule has 0 aliphatic rings. The monoisotopic (exact) mass is 203 g/mol. The molecular formula is C9H11F2NS. The topological polar surface area (TPSA) is 12.0 Å². The second-order valence-corrected chi connectivity index (χ2v) is 2.97. The molecule has 0 saturated carbocycles. The molecule has 1 aromatic rings. The Balaban J connectivity index is 2.53. The van der Waals surface area contributed by atoms with Crippen molar-refractivity contribution in [3.8, 4) is 0 Å². The first-order chi connectivity index (χ1) is 6.24. The average Bonchev–Trinajstić information content (AvgIpc) is 2.12. The molecule has 0 aromatic heterocycles. The van der Waals surface area contributed by atoms with E-state index in [2.05, 4.69) is 17.9 Å². The molecule has 0 atom stereocenters. The zero-order chi connectivity index (χ0) is 9.68. The lowest BCUT2D eigenvalue weighted by atomic mass is 10.1. The van der Waals surface area contributed by atoms with E-state index in [9.17, 15) is 8.78 Å². The van der Waals surface area contributed by atoms with E-state index in [4.69, 9.17) is 0 Å². The lowest BCUT2D eigenvalue weighted by Crippen LogP contribution is -2.14. The third kappa shape index (κ3) is 3.32. The van der Waals surface area contributed by atoms with Crippen LogP contribution in [-0.2, 0) is 6.42 Å². The van der Waals surface area contributed by atoms with Crippen molar-refractivity contribution in [2.45, 2.75) is 6.42 Å².